The summed E-state index contributed by atoms with van der Waals surface area (Å²) in [6, 6.07) is 12.5. The summed E-state index contributed by atoms with van der Waals surface area (Å²) in [5, 5.41) is 15.7. The van der Waals surface area contributed by atoms with Gasteiger partial charge >= 0.3 is 0 Å². The van der Waals surface area contributed by atoms with Crippen molar-refractivity contribution >= 4 is 41.0 Å². The van der Waals surface area contributed by atoms with Crippen molar-refractivity contribution in [2.75, 3.05) is 32.8 Å². The normalized spacial score (nSPS) is 16.4. The molecule has 0 saturated carbocycles. The predicted octanol–water partition coefficient (Wildman–Crippen LogP) is 0.0953. The summed E-state index contributed by atoms with van der Waals surface area (Å²) in [5.41, 5.74) is 1.17. The Morgan fingerprint density at radius 3 is 2.65 bits per heavy atom. The maximum Gasteiger partial charge on any atom is 0.290 e. The van der Waals surface area contributed by atoms with E-state index in [1.807, 2.05) is 0 Å². The predicted molar refractivity (Wildman–Crippen MR) is 172 cm³/mol. The number of rotatable bonds is 4. The highest BCUT2D eigenvalue weighted by Crippen LogP contribution is 2.14. The van der Waals surface area contributed by atoms with Crippen LogP contribution in [0.5, 0.6) is 5.75 Å². The molecule has 252 valence electrons. The molecule has 16 nitrogen and oxygen atoms in total. The van der Waals surface area contributed by atoms with Gasteiger partial charge in [-0.1, -0.05) is 18.2 Å². The van der Waals surface area contributed by atoms with E-state index in [1.165, 1.54) is 22.1 Å². The summed E-state index contributed by atoms with van der Waals surface area (Å²) < 4.78 is 6.96. The van der Waals surface area contributed by atoms with Gasteiger partial charge < -0.3 is 35.7 Å². The number of hydrogen-bond donors (Lipinski definition) is 5. The molecule has 2 bridgehead atoms. The summed E-state index contributed by atoms with van der Waals surface area (Å²) in [5.74, 6) is -1.22. The number of imidazole rings is 1. The van der Waals surface area contributed by atoms with Gasteiger partial charge in [0, 0.05) is 37.0 Å². The standard InChI is InChI=1S/C31H34N8O6.CH2O2/c40-27-17-38(28(41)18-39-20-36-25-9-2-1-8-24(25)31(39)44)12-4-3-10-34-30(43)26(15-22-16-32-19-35-22)37-29(42)21-6-5-7-23(14-21)45-13-11-33-27;2-1-3/h1-2,5-9,14,16,19-20,26H,3-4,10-13,15,17-18H2,(H,32,35)(H,33,40)(H,34,43)(H,37,42);1H,(H,2,3)/t26-;/m0./s1. The second-order valence-electron chi connectivity index (χ2n) is 10.6. The van der Waals surface area contributed by atoms with E-state index in [1.54, 1.807) is 54.7 Å². The third-order valence-electron chi connectivity index (χ3n) is 7.27. The summed E-state index contributed by atoms with van der Waals surface area (Å²) in [6.45, 7) is 0.0222. The zero-order valence-electron chi connectivity index (χ0n) is 26.0. The van der Waals surface area contributed by atoms with Crippen LogP contribution in [0.15, 0.2) is 72.2 Å². The van der Waals surface area contributed by atoms with E-state index in [0.29, 0.717) is 40.8 Å². The molecule has 3 heterocycles. The highest BCUT2D eigenvalue weighted by molar-refractivity contribution is 5.98. The average Bonchev–Trinajstić information content (AvgIpc) is 3.60. The van der Waals surface area contributed by atoms with Gasteiger partial charge in [0.1, 0.15) is 24.9 Å². The number of para-hydroxylation sites is 1. The molecule has 1 aliphatic heterocycles. The minimum atomic E-state index is -0.876. The number of amides is 4. The highest BCUT2D eigenvalue weighted by atomic mass is 16.5. The van der Waals surface area contributed by atoms with Gasteiger partial charge in [0.25, 0.3) is 17.9 Å². The smallest absolute Gasteiger partial charge is 0.290 e. The van der Waals surface area contributed by atoms with E-state index in [4.69, 9.17) is 14.6 Å². The molecule has 1 atom stereocenters. The van der Waals surface area contributed by atoms with Crippen molar-refractivity contribution in [1.82, 2.24) is 40.4 Å². The first-order chi connectivity index (χ1) is 23.3. The zero-order valence-corrected chi connectivity index (χ0v) is 26.0. The molecule has 4 aromatic rings. The van der Waals surface area contributed by atoms with E-state index >= 15 is 0 Å². The number of hydrogen-bond acceptors (Lipinski definition) is 9. The molecule has 2 aromatic carbocycles. The average molecular weight is 661 g/mol. The van der Waals surface area contributed by atoms with Gasteiger partial charge in [-0.15, -0.1) is 0 Å². The van der Waals surface area contributed by atoms with Crippen LogP contribution >= 0.6 is 0 Å². The Morgan fingerprint density at radius 1 is 1.04 bits per heavy atom. The number of carbonyl (C=O) groups excluding carboxylic acids is 4. The first kappa shape index (κ1) is 34.8. The number of benzene rings is 2. The molecule has 48 heavy (non-hydrogen) atoms. The topological polar surface area (TPSA) is 218 Å². The SMILES string of the molecule is O=C1CN(C(=O)Cn2cnc3ccccc3c2=O)CCCCNC(=O)[C@H](Cc2cnc[nH]2)NC(=O)c2cccc(c2)OCCN1.O=CO. The minimum Gasteiger partial charge on any atom is -0.492 e. The lowest BCUT2D eigenvalue weighted by molar-refractivity contribution is -0.136. The maximum atomic E-state index is 13.4. The van der Waals surface area contributed by atoms with Crippen molar-refractivity contribution in [2.24, 2.45) is 0 Å². The van der Waals surface area contributed by atoms with Crippen molar-refractivity contribution in [1.29, 1.82) is 0 Å². The second kappa shape index (κ2) is 17.6. The fourth-order valence-corrected chi connectivity index (χ4v) is 4.90. The van der Waals surface area contributed by atoms with Crippen molar-refractivity contribution in [3.63, 3.8) is 0 Å². The molecule has 0 unspecified atom stereocenters. The molecule has 16 heteroatoms. The van der Waals surface area contributed by atoms with Crippen molar-refractivity contribution in [3.8, 4) is 5.75 Å². The highest BCUT2D eigenvalue weighted by Gasteiger charge is 2.23. The minimum absolute atomic E-state index is 0.119. The van der Waals surface area contributed by atoms with Gasteiger partial charge in [-0.05, 0) is 43.2 Å². The number of nitrogens with zero attached hydrogens (tertiary/aromatic N) is 4. The van der Waals surface area contributed by atoms with E-state index in [-0.39, 0.29) is 63.7 Å². The molecular weight excluding hydrogens is 624 g/mol. The fourth-order valence-electron chi connectivity index (χ4n) is 4.90. The lowest BCUT2D eigenvalue weighted by Crippen LogP contribution is -2.48. The van der Waals surface area contributed by atoms with Crippen molar-refractivity contribution < 1.29 is 33.8 Å². The number of fused-ring (bicyclic) bond motifs is 3. The van der Waals surface area contributed by atoms with Gasteiger partial charge in [-0.3, -0.25) is 33.3 Å². The Labute approximate surface area is 274 Å². The van der Waals surface area contributed by atoms with Gasteiger partial charge in [-0.25, -0.2) is 9.97 Å². The van der Waals surface area contributed by atoms with Crippen LogP contribution in [0.25, 0.3) is 10.9 Å². The molecule has 4 amide bonds. The molecule has 2 aromatic heterocycles. The third-order valence-corrected chi connectivity index (χ3v) is 7.27. The molecular formula is C32H36N8O8. The zero-order chi connectivity index (χ0) is 34.3. The van der Waals surface area contributed by atoms with Gasteiger partial charge in [0.05, 0.1) is 36.6 Å². The van der Waals surface area contributed by atoms with E-state index in [2.05, 4.69) is 30.9 Å². The van der Waals surface area contributed by atoms with Crippen LogP contribution in [0.4, 0.5) is 0 Å². The van der Waals surface area contributed by atoms with Gasteiger partial charge in [0.2, 0.25) is 17.7 Å². The third kappa shape index (κ3) is 9.97. The van der Waals surface area contributed by atoms with Crippen LogP contribution in [-0.2, 0) is 32.1 Å². The molecule has 5 N–H and O–H groups in total. The summed E-state index contributed by atoms with van der Waals surface area (Å²) in [6.07, 6.45) is 5.58. The Morgan fingerprint density at radius 2 is 1.85 bits per heavy atom. The maximum absolute atomic E-state index is 13.4. The number of nitrogens with one attached hydrogen (secondary N) is 4. The van der Waals surface area contributed by atoms with Crippen LogP contribution in [0.1, 0.15) is 28.9 Å². The van der Waals surface area contributed by atoms with E-state index < -0.39 is 23.8 Å². The molecule has 0 radical (unpaired) electrons. The largest absolute Gasteiger partial charge is 0.492 e. The van der Waals surface area contributed by atoms with Crippen molar-refractivity contribution in [3.05, 3.63) is 89.0 Å². The quantitative estimate of drug-likeness (QED) is 0.186. The fraction of sp³-hybridized carbons (Fsp3) is 0.312. The molecule has 0 spiro atoms. The van der Waals surface area contributed by atoms with Crippen molar-refractivity contribution in [2.45, 2.75) is 31.8 Å². The lowest BCUT2D eigenvalue weighted by Gasteiger charge is -2.23. The molecule has 5 rings (SSSR count). The monoisotopic (exact) mass is 660 g/mol. The van der Waals surface area contributed by atoms with Crippen LogP contribution < -0.4 is 26.2 Å². The van der Waals surface area contributed by atoms with E-state index in [9.17, 15) is 24.0 Å². The first-order valence-electron chi connectivity index (χ1n) is 15.1. The molecule has 1 aliphatic rings. The summed E-state index contributed by atoms with van der Waals surface area (Å²) >= 11 is 0. The van der Waals surface area contributed by atoms with Crippen LogP contribution in [0.3, 0.4) is 0 Å². The second-order valence-corrected chi connectivity index (χ2v) is 10.6. The number of H-pyrrole nitrogens is 1. The summed E-state index contributed by atoms with van der Waals surface area (Å²) in [4.78, 5) is 86.3. The van der Waals surface area contributed by atoms with Crippen LogP contribution in [0.2, 0.25) is 0 Å². The lowest BCUT2D eigenvalue weighted by atomic mass is 10.1. The summed E-state index contributed by atoms with van der Waals surface area (Å²) in [7, 11) is 0. The Bertz CT molecular complexity index is 1780. The number of carboxylic acid groups (broad SMARTS) is 1. The van der Waals surface area contributed by atoms with Gasteiger partial charge in [0.15, 0.2) is 0 Å². The molecule has 0 fully saturated rings. The number of ether oxygens (including phenoxy) is 1. The van der Waals surface area contributed by atoms with Gasteiger partial charge in [-0.2, -0.15) is 0 Å². The number of carbonyl (C=O) groups is 5. The van der Waals surface area contributed by atoms with Crippen LogP contribution in [-0.4, -0.2) is 98.5 Å². The number of aromatic amines is 1. The number of aromatic nitrogens is 4. The van der Waals surface area contributed by atoms with Crippen LogP contribution in [0, 0.1) is 0 Å². The van der Waals surface area contributed by atoms with E-state index in [0.717, 1.165) is 0 Å². The Balaban J connectivity index is 0.00000167. The first-order valence-corrected chi connectivity index (χ1v) is 15.1. The molecule has 0 saturated heterocycles. The Hall–Kier alpha value is -6.06. The Kier molecular flexibility index (Phi) is 12.8. The molecule has 0 aliphatic carbocycles.